The number of nitrogens with two attached hydrogens (primary N) is 6. The first-order valence-corrected chi connectivity index (χ1v) is 8.00. The van der Waals surface area contributed by atoms with Gasteiger partial charge in [0.25, 0.3) is 0 Å². The normalized spacial score (nSPS) is 10.7. The van der Waals surface area contributed by atoms with E-state index in [2.05, 4.69) is 9.80 Å². The number of hydrogen-bond donors (Lipinski definition) is 7. The molecule has 0 atom stereocenters. The Kier molecular flexibility index (Phi) is 25.8. The Morgan fingerprint density at radius 3 is 1.00 bits per heavy atom. The Bertz CT molecular complexity index is 172. The third-order valence-electron chi connectivity index (χ3n) is 3.14. The molecule has 0 fully saturated rings. The van der Waals surface area contributed by atoms with E-state index in [4.69, 9.17) is 34.4 Å². The zero-order chi connectivity index (χ0) is 17.2. The van der Waals surface area contributed by atoms with E-state index in [1.807, 2.05) is 11.8 Å². The van der Waals surface area contributed by atoms with Crippen LogP contribution >= 0.6 is 0 Å². The number of hydrogen-bond acceptors (Lipinski definition) is 10. The van der Waals surface area contributed by atoms with Crippen molar-refractivity contribution >= 4 is 0 Å². The molecule has 10 nitrogen and oxygen atoms in total. The molecular formula is C13H42N10. The van der Waals surface area contributed by atoms with Crippen molar-refractivity contribution in [2.24, 2.45) is 34.4 Å². The van der Waals surface area contributed by atoms with Crippen LogP contribution in [0.25, 0.3) is 0 Å². The van der Waals surface area contributed by atoms with E-state index in [-0.39, 0.29) is 6.15 Å². The van der Waals surface area contributed by atoms with E-state index in [1.165, 1.54) is 0 Å². The van der Waals surface area contributed by atoms with Gasteiger partial charge in [0.2, 0.25) is 0 Å². The van der Waals surface area contributed by atoms with Crippen molar-refractivity contribution in [1.29, 1.82) is 0 Å². The topological polar surface area (TPSA) is 201 Å². The summed E-state index contributed by atoms with van der Waals surface area (Å²) < 4.78 is 0. The lowest BCUT2D eigenvalue weighted by atomic mass is 10.4. The minimum atomic E-state index is 0. The van der Waals surface area contributed by atoms with Gasteiger partial charge in [-0.15, -0.1) is 0 Å². The van der Waals surface area contributed by atoms with E-state index >= 15 is 0 Å². The molecule has 15 N–H and O–H groups in total. The second-order valence-corrected chi connectivity index (χ2v) is 4.88. The average molecular weight is 339 g/mol. The first kappa shape index (κ1) is 27.4. The zero-order valence-corrected chi connectivity index (χ0v) is 15.0. The summed E-state index contributed by atoms with van der Waals surface area (Å²) in [6.45, 7) is 11.0. The third-order valence-corrected chi connectivity index (χ3v) is 3.14. The molecule has 0 unspecified atom stereocenters. The lowest BCUT2D eigenvalue weighted by molar-refractivity contribution is 0.142. The molecule has 0 rings (SSSR count). The molecule has 0 aliphatic heterocycles. The molecule has 144 valence electrons. The van der Waals surface area contributed by atoms with E-state index < -0.39 is 0 Å². The summed E-state index contributed by atoms with van der Waals surface area (Å²) in [4.78, 5) is 6.39. The van der Waals surface area contributed by atoms with Gasteiger partial charge in [-0.05, 0) is 6.54 Å². The largest absolute Gasteiger partial charge is 0.344 e. The van der Waals surface area contributed by atoms with Gasteiger partial charge in [0, 0.05) is 65.7 Å². The van der Waals surface area contributed by atoms with E-state index in [9.17, 15) is 0 Å². The fourth-order valence-electron chi connectivity index (χ4n) is 1.85. The van der Waals surface area contributed by atoms with Crippen LogP contribution in [0.2, 0.25) is 0 Å². The van der Waals surface area contributed by atoms with Crippen molar-refractivity contribution in [2.45, 2.75) is 6.92 Å². The maximum absolute atomic E-state index is 5.53. The van der Waals surface area contributed by atoms with Crippen molar-refractivity contribution in [2.75, 3.05) is 78.9 Å². The maximum Gasteiger partial charge on any atom is 0.0508 e. The first-order valence-electron chi connectivity index (χ1n) is 8.00. The molecule has 0 spiro atoms. The lowest BCUT2D eigenvalue weighted by Gasteiger charge is -2.29. The first-order chi connectivity index (χ1) is 10.6. The summed E-state index contributed by atoms with van der Waals surface area (Å²) in [5, 5.41) is 0. The smallest absolute Gasteiger partial charge is 0.0508 e. The third kappa shape index (κ3) is 17.8. The van der Waals surface area contributed by atoms with Gasteiger partial charge in [-0.25, -0.2) is 0 Å². The van der Waals surface area contributed by atoms with Crippen LogP contribution in [-0.2, 0) is 0 Å². The lowest BCUT2D eigenvalue weighted by Crippen LogP contribution is -2.45. The molecule has 0 bridgehead atoms. The van der Waals surface area contributed by atoms with Crippen LogP contribution < -0.4 is 40.6 Å². The minimum absolute atomic E-state index is 0. The van der Waals surface area contributed by atoms with Crippen LogP contribution in [-0.4, -0.2) is 93.6 Å². The summed E-state index contributed by atoms with van der Waals surface area (Å²) in [7, 11) is 0. The van der Waals surface area contributed by atoms with Gasteiger partial charge < -0.3 is 40.6 Å². The Labute approximate surface area is 142 Å². The van der Waals surface area contributed by atoms with E-state index in [0.29, 0.717) is 39.5 Å². The summed E-state index contributed by atoms with van der Waals surface area (Å²) in [6, 6.07) is 0. The SMILES string of the molecule is CCN(CN)CN.N.NCCN(CCN)CN(CCN)CCN. The Hall–Kier alpha value is -0.400. The Morgan fingerprint density at radius 2 is 0.870 bits per heavy atom. The molecule has 0 aromatic rings. The summed E-state index contributed by atoms with van der Waals surface area (Å²) in [5.74, 6) is 0. The van der Waals surface area contributed by atoms with E-state index in [0.717, 1.165) is 39.4 Å². The van der Waals surface area contributed by atoms with Gasteiger partial charge in [0.05, 0.1) is 6.67 Å². The van der Waals surface area contributed by atoms with Crippen LogP contribution in [0.15, 0.2) is 0 Å². The highest BCUT2D eigenvalue weighted by atomic mass is 15.3. The summed E-state index contributed by atoms with van der Waals surface area (Å²) >= 11 is 0. The molecule has 23 heavy (non-hydrogen) atoms. The standard InChI is InChI=1S/C9H26N6.C4H13N3.H3N/c10-1-5-14(6-2-11)9-15(7-3-12)8-4-13;1-2-7(3-5)4-6;/h1-13H2;2-6H2,1H3;1H3. The highest BCUT2D eigenvalue weighted by Gasteiger charge is 2.08. The van der Waals surface area contributed by atoms with Crippen molar-refractivity contribution in [3.05, 3.63) is 0 Å². The van der Waals surface area contributed by atoms with Gasteiger partial charge in [0.1, 0.15) is 0 Å². The molecule has 10 heteroatoms. The van der Waals surface area contributed by atoms with Crippen molar-refractivity contribution < 1.29 is 0 Å². The van der Waals surface area contributed by atoms with Gasteiger partial charge >= 0.3 is 0 Å². The molecule has 0 aromatic heterocycles. The maximum atomic E-state index is 5.53. The molecule has 0 heterocycles. The zero-order valence-electron chi connectivity index (χ0n) is 15.0. The number of rotatable bonds is 13. The predicted molar refractivity (Wildman–Crippen MR) is 99.7 cm³/mol. The summed E-state index contributed by atoms with van der Waals surface area (Å²) in [5.41, 5.74) is 32.6. The fourth-order valence-corrected chi connectivity index (χ4v) is 1.85. The molecule has 0 aliphatic rings. The Morgan fingerprint density at radius 1 is 0.565 bits per heavy atom. The minimum Gasteiger partial charge on any atom is -0.344 e. The predicted octanol–water partition coefficient (Wildman–Crippen LogP) is -3.31. The molecular weight excluding hydrogens is 296 g/mol. The molecule has 0 radical (unpaired) electrons. The number of nitrogens with zero attached hydrogens (tertiary/aromatic N) is 3. The molecule has 0 aliphatic carbocycles. The van der Waals surface area contributed by atoms with Crippen LogP contribution in [0.1, 0.15) is 6.92 Å². The van der Waals surface area contributed by atoms with Crippen LogP contribution in [0.4, 0.5) is 0 Å². The monoisotopic (exact) mass is 338 g/mol. The van der Waals surface area contributed by atoms with Crippen LogP contribution in [0.3, 0.4) is 0 Å². The molecule has 0 saturated carbocycles. The molecule has 0 saturated heterocycles. The van der Waals surface area contributed by atoms with Gasteiger partial charge in [0.15, 0.2) is 0 Å². The van der Waals surface area contributed by atoms with Crippen molar-refractivity contribution in [1.82, 2.24) is 20.9 Å². The highest BCUT2D eigenvalue weighted by Crippen LogP contribution is 1.92. The van der Waals surface area contributed by atoms with Crippen LogP contribution in [0.5, 0.6) is 0 Å². The average Bonchev–Trinajstić information content (AvgIpc) is 2.51. The van der Waals surface area contributed by atoms with Crippen LogP contribution in [0, 0.1) is 0 Å². The van der Waals surface area contributed by atoms with E-state index in [1.54, 1.807) is 0 Å². The van der Waals surface area contributed by atoms with Gasteiger partial charge in [-0.1, -0.05) is 6.92 Å². The molecule has 0 aromatic carbocycles. The second-order valence-electron chi connectivity index (χ2n) is 4.88. The Balaban J connectivity index is -0.000000425. The molecule has 0 amide bonds. The highest BCUT2D eigenvalue weighted by molar-refractivity contribution is 4.63. The summed E-state index contributed by atoms with van der Waals surface area (Å²) in [6.07, 6.45) is 0. The van der Waals surface area contributed by atoms with Gasteiger partial charge in [-0.3, -0.25) is 14.7 Å². The second kappa shape index (κ2) is 21.6. The van der Waals surface area contributed by atoms with Crippen molar-refractivity contribution in [3.63, 3.8) is 0 Å². The fraction of sp³-hybridized carbons (Fsp3) is 1.00. The van der Waals surface area contributed by atoms with Gasteiger partial charge in [-0.2, -0.15) is 0 Å². The quantitative estimate of drug-likeness (QED) is 0.167. The van der Waals surface area contributed by atoms with Crippen molar-refractivity contribution in [3.8, 4) is 0 Å².